The molecule has 0 atom stereocenters. The summed E-state index contributed by atoms with van der Waals surface area (Å²) in [6.07, 6.45) is 1.39. The van der Waals surface area contributed by atoms with Gasteiger partial charge in [-0.25, -0.2) is 13.8 Å². The van der Waals surface area contributed by atoms with Crippen molar-refractivity contribution in [3.05, 3.63) is 91.9 Å². The van der Waals surface area contributed by atoms with E-state index in [4.69, 9.17) is 4.74 Å². The van der Waals surface area contributed by atoms with Gasteiger partial charge in [-0.15, -0.1) is 0 Å². The van der Waals surface area contributed by atoms with Crippen molar-refractivity contribution < 1.29 is 13.5 Å². The van der Waals surface area contributed by atoms with Gasteiger partial charge in [-0.1, -0.05) is 45.0 Å². The van der Waals surface area contributed by atoms with Crippen LogP contribution in [0.4, 0.5) is 8.78 Å². The number of nitrogens with zero attached hydrogens (tertiary/aromatic N) is 2. The second-order valence-corrected chi connectivity index (χ2v) is 8.56. The molecule has 3 aromatic rings. The van der Waals surface area contributed by atoms with Crippen LogP contribution < -0.4 is 10.3 Å². The molecule has 0 saturated carbocycles. The fraction of sp³-hybridized carbons (Fsp3) is 0.273. The average Bonchev–Trinajstić information content (AvgIpc) is 2.66. The number of hydrogen-bond donors (Lipinski definition) is 0. The first-order chi connectivity index (χ1) is 13.6. The molecule has 1 heterocycles. The average molecular weight is 463 g/mol. The Hall–Kier alpha value is -2.54. The summed E-state index contributed by atoms with van der Waals surface area (Å²) in [5.41, 5.74) is 2.10. The molecule has 0 fully saturated rings. The molecule has 0 spiro atoms. The van der Waals surface area contributed by atoms with E-state index in [0.29, 0.717) is 6.54 Å². The topological polar surface area (TPSA) is 44.1 Å². The molecule has 0 N–H and O–H groups in total. The summed E-state index contributed by atoms with van der Waals surface area (Å²) in [5.74, 6) is -1.32. The van der Waals surface area contributed by atoms with Gasteiger partial charge < -0.3 is 4.74 Å². The summed E-state index contributed by atoms with van der Waals surface area (Å²) in [6, 6.07) is 11.3. The van der Waals surface area contributed by atoms with Crippen molar-refractivity contribution >= 4 is 15.9 Å². The lowest BCUT2D eigenvalue weighted by molar-refractivity contribution is 0.283. The molecule has 152 valence electrons. The summed E-state index contributed by atoms with van der Waals surface area (Å²) >= 11 is 3.21. The third-order valence-electron chi connectivity index (χ3n) is 4.50. The van der Waals surface area contributed by atoms with Gasteiger partial charge in [0.2, 0.25) is 5.88 Å². The largest absolute Gasteiger partial charge is 0.472 e. The van der Waals surface area contributed by atoms with E-state index in [1.165, 1.54) is 22.5 Å². The number of benzene rings is 2. The Morgan fingerprint density at radius 2 is 1.79 bits per heavy atom. The molecule has 0 radical (unpaired) electrons. The van der Waals surface area contributed by atoms with E-state index in [1.807, 2.05) is 12.1 Å². The highest BCUT2D eigenvalue weighted by atomic mass is 79.9. The zero-order valence-electron chi connectivity index (χ0n) is 16.4. The zero-order chi connectivity index (χ0) is 21.2. The van der Waals surface area contributed by atoms with Crippen molar-refractivity contribution in [2.75, 3.05) is 0 Å². The van der Waals surface area contributed by atoms with Crippen molar-refractivity contribution in [2.45, 2.75) is 39.3 Å². The minimum absolute atomic E-state index is 0.0538. The molecule has 0 bridgehead atoms. The number of hydrogen-bond acceptors (Lipinski definition) is 3. The van der Waals surface area contributed by atoms with E-state index in [9.17, 15) is 13.6 Å². The third-order valence-corrected chi connectivity index (χ3v) is 5.18. The van der Waals surface area contributed by atoms with Crippen molar-refractivity contribution in [3.63, 3.8) is 0 Å². The van der Waals surface area contributed by atoms with E-state index in [1.54, 1.807) is 0 Å². The van der Waals surface area contributed by atoms with Crippen molar-refractivity contribution in [3.8, 4) is 5.88 Å². The molecule has 0 aliphatic heterocycles. The van der Waals surface area contributed by atoms with Crippen LogP contribution in [0.25, 0.3) is 0 Å². The Labute approximate surface area is 176 Å². The Balaban J connectivity index is 1.74. The highest BCUT2D eigenvalue weighted by Crippen LogP contribution is 2.23. The second-order valence-electron chi connectivity index (χ2n) is 7.77. The highest BCUT2D eigenvalue weighted by molar-refractivity contribution is 9.10. The van der Waals surface area contributed by atoms with Crippen LogP contribution in [0.5, 0.6) is 5.88 Å². The molecule has 0 aliphatic carbocycles. The molecule has 29 heavy (non-hydrogen) atoms. The van der Waals surface area contributed by atoms with Gasteiger partial charge >= 0.3 is 0 Å². The zero-order valence-corrected chi connectivity index (χ0v) is 18.0. The summed E-state index contributed by atoms with van der Waals surface area (Å²) in [5, 5.41) is 0. The van der Waals surface area contributed by atoms with Crippen molar-refractivity contribution in [2.24, 2.45) is 0 Å². The van der Waals surface area contributed by atoms with Gasteiger partial charge in [0, 0.05) is 11.6 Å². The van der Waals surface area contributed by atoms with E-state index in [0.717, 1.165) is 17.7 Å². The summed E-state index contributed by atoms with van der Waals surface area (Å²) in [4.78, 5) is 16.8. The van der Waals surface area contributed by atoms with Crippen LogP contribution in [0.15, 0.2) is 58.1 Å². The number of ether oxygens (including phenoxy) is 1. The Kier molecular flexibility index (Phi) is 6.17. The van der Waals surface area contributed by atoms with Crippen LogP contribution in [0.1, 0.15) is 37.5 Å². The molecule has 4 nitrogen and oxygen atoms in total. The fourth-order valence-electron chi connectivity index (χ4n) is 2.75. The Morgan fingerprint density at radius 1 is 1.10 bits per heavy atom. The third kappa shape index (κ3) is 5.09. The van der Waals surface area contributed by atoms with E-state index in [2.05, 4.69) is 53.8 Å². The Bertz CT molecular complexity index is 1070. The van der Waals surface area contributed by atoms with Gasteiger partial charge in [0.25, 0.3) is 5.56 Å². The summed E-state index contributed by atoms with van der Waals surface area (Å²) in [7, 11) is 0. The number of aromatic nitrogens is 2. The number of rotatable bonds is 5. The van der Waals surface area contributed by atoms with Crippen molar-refractivity contribution in [1.29, 1.82) is 0 Å². The highest BCUT2D eigenvalue weighted by Gasteiger charge is 2.14. The van der Waals surface area contributed by atoms with Crippen LogP contribution >= 0.6 is 15.9 Å². The molecule has 3 rings (SSSR count). The molecule has 0 aliphatic rings. The minimum Gasteiger partial charge on any atom is -0.472 e. The monoisotopic (exact) mass is 462 g/mol. The first-order valence-corrected chi connectivity index (χ1v) is 9.85. The number of halogens is 3. The van der Waals surface area contributed by atoms with E-state index >= 15 is 0 Å². The van der Waals surface area contributed by atoms with Crippen LogP contribution in [-0.4, -0.2) is 9.55 Å². The predicted octanol–water partition coefficient (Wildman–Crippen LogP) is 5.21. The molecular weight excluding hydrogens is 442 g/mol. The van der Waals surface area contributed by atoms with Crippen LogP contribution in [0.2, 0.25) is 0 Å². The van der Waals surface area contributed by atoms with Crippen LogP contribution in [0.3, 0.4) is 0 Å². The van der Waals surface area contributed by atoms with Gasteiger partial charge in [-0.2, -0.15) is 0 Å². The molecule has 0 saturated heterocycles. The normalized spacial score (nSPS) is 11.5. The summed E-state index contributed by atoms with van der Waals surface area (Å²) in [6.45, 7) is 6.62. The quantitative estimate of drug-likeness (QED) is 0.522. The maximum absolute atomic E-state index is 13.7. The predicted molar refractivity (Wildman–Crippen MR) is 111 cm³/mol. The minimum atomic E-state index is -0.715. The van der Waals surface area contributed by atoms with Gasteiger partial charge in [-0.05, 0) is 44.6 Å². The van der Waals surface area contributed by atoms with E-state index < -0.39 is 11.6 Å². The standard InChI is InChI=1S/C22H21BrF2N2O2/c1-22(2,3)16-7-4-14(5-8-16)11-27-13-26-20(19(23)21(27)28)29-12-15-6-9-17(24)10-18(15)25/h4-10,13H,11-12H2,1-3H3. The Morgan fingerprint density at radius 3 is 2.41 bits per heavy atom. The maximum atomic E-state index is 13.7. The fourth-order valence-corrected chi connectivity index (χ4v) is 3.20. The molecule has 0 amide bonds. The van der Waals surface area contributed by atoms with E-state index in [-0.39, 0.29) is 33.5 Å². The lowest BCUT2D eigenvalue weighted by atomic mass is 9.87. The SMILES string of the molecule is CC(C)(C)c1ccc(Cn2cnc(OCc3ccc(F)cc3F)c(Br)c2=O)cc1. The molecule has 1 aromatic heterocycles. The summed E-state index contributed by atoms with van der Waals surface area (Å²) < 4.78 is 33.8. The van der Waals surface area contributed by atoms with Crippen LogP contribution in [0, 0.1) is 11.6 Å². The molecular formula is C22H21BrF2N2O2. The van der Waals surface area contributed by atoms with Crippen LogP contribution in [-0.2, 0) is 18.6 Å². The smallest absolute Gasteiger partial charge is 0.271 e. The first-order valence-electron chi connectivity index (χ1n) is 9.06. The molecule has 7 heteroatoms. The van der Waals surface area contributed by atoms with Gasteiger partial charge in [0.05, 0.1) is 6.54 Å². The second kappa shape index (κ2) is 8.45. The molecule has 2 aromatic carbocycles. The van der Waals surface area contributed by atoms with Crippen molar-refractivity contribution in [1.82, 2.24) is 9.55 Å². The first kappa shape index (κ1) is 21.2. The van der Waals surface area contributed by atoms with Gasteiger partial charge in [-0.3, -0.25) is 9.36 Å². The van der Waals surface area contributed by atoms with Gasteiger partial charge in [0.15, 0.2) is 0 Å². The molecule has 0 unspecified atom stereocenters. The lowest BCUT2D eigenvalue weighted by Crippen LogP contribution is -2.22. The lowest BCUT2D eigenvalue weighted by Gasteiger charge is -2.19. The maximum Gasteiger partial charge on any atom is 0.271 e. The van der Waals surface area contributed by atoms with Gasteiger partial charge in [0.1, 0.15) is 29.0 Å².